The van der Waals surface area contributed by atoms with E-state index in [4.69, 9.17) is 9.47 Å². The quantitative estimate of drug-likeness (QED) is 0.459. The minimum atomic E-state index is 0.694. The Balaban J connectivity index is 1.97. The van der Waals surface area contributed by atoms with Crippen molar-refractivity contribution in [2.75, 3.05) is 26.4 Å². The molecule has 3 nitrogen and oxygen atoms in total. The predicted molar refractivity (Wildman–Crippen MR) is 81.9 cm³/mol. The minimum absolute atomic E-state index is 0.694. The van der Waals surface area contributed by atoms with Crippen LogP contribution in [0.5, 0.6) is 0 Å². The van der Waals surface area contributed by atoms with Crippen molar-refractivity contribution in [2.45, 2.75) is 53.0 Å². The van der Waals surface area contributed by atoms with Gasteiger partial charge in [-0.25, -0.2) is 4.57 Å². The van der Waals surface area contributed by atoms with E-state index in [2.05, 4.69) is 43.8 Å². The summed E-state index contributed by atoms with van der Waals surface area (Å²) in [6.07, 6.45) is 9.35. The molecule has 1 aromatic heterocycles. The normalized spacial score (nSPS) is 10.9. The Hall–Kier alpha value is -0.930. The molecule has 0 atom stereocenters. The number of hydrogen-bond acceptors (Lipinski definition) is 2. The maximum absolute atomic E-state index is 5.60. The lowest BCUT2D eigenvalue weighted by Crippen LogP contribution is -2.36. The van der Waals surface area contributed by atoms with Gasteiger partial charge in [0.2, 0.25) is 0 Å². The number of pyridine rings is 1. The van der Waals surface area contributed by atoms with Crippen molar-refractivity contribution in [3.8, 4) is 0 Å². The van der Waals surface area contributed by atoms with E-state index in [0.717, 1.165) is 19.8 Å². The van der Waals surface area contributed by atoms with Crippen LogP contribution in [0, 0.1) is 13.8 Å². The molecule has 1 aromatic rings. The summed E-state index contributed by atoms with van der Waals surface area (Å²) in [4.78, 5) is 0. The first-order chi connectivity index (χ1) is 9.72. The molecule has 114 valence electrons. The minimum Gasteiger partial charge on any atom is -0.379 e. The van der Waals surface area contributed by atoms with Gasteiger partial charge in [0.25, 0.3) is 0 Å². The SMILES string of the molecule is CCCCCCOCCOCC[n+]1cc(C)cc(C)c1. The lowest BCUT2D eigenvalue weighted by Gasteiger charge is -2.05. The average Bonchev–Trinajstić information content (AvgIpc) is 2.40. The zero-order valence-electron chi connectivity index (χ0n) is 13.4. The van der Waals surface area contributed by atoms with Crippen molar-refractivity contribution in [3.63, 3.8) is 0 Å². The van der Waals surface area contributed by atoms with Crippen molar-refractivity contribution in [1.29, 1.82) is 0 Å². The molecule has 0 unspecified atom stereocenters. The van der Waals surface area contributed by atoms with E-state index in [-0.39, 0.29) is 0 Å². The molecule has 0 fully saturated rings. The van der Waals surface area contributed by atoms with Crippen LogP contribution in [-0.4, -0.2) is 26.4 Å². The summed E-state index contributed by atoms with van der Waals surface area (Å²) in [5.74, 6) is 0. The van der Waals surface area contributed by atoms with Gasteiger partial charge in [-0.2, -0.15) is 0 Å². The van der Waals surface area contributed by atoms with E-state index in [1.54, 1.807) is 0 Å². The Morgan fingerprint density at radius 3 is 2.15 bits per heavy atom. The number of aryl methyl sites for hydroxylation is 2. The average molecular weight is 280 g/mol. The largest absolute Gasteiger partial charge is 0.379 e. The fourth-order valence-electron chi connectivity index (χ4n) is 2.25. The lowest BCUT2D eigenvalue weighted by atomic mass is 10.2. The molecule has 1 rings (SSSR count). The summed E-state index contributed by atoms with van der Waals surface area (Å²) in [7, 11) is 0. The van der Waals surface area contributed by atoms with Gasteiger partial charge in [-0.05, 0) is 26.3 Å². The predicted octanol–water partition coefficient (Wildman–Crippen LogP) is 3.20. The third-order valence-electron chi connectivity index (χ3n) is 3.20. The molecule has 0 saturated heterocycles. The molecular formula is C17H30NO2+. The zero-order valence-corrected chi connectivity index (χ0v) is 13.4. The summed E-state index contributed by atoms with van der Waals surface area (Å²) in [6, 6.07) is 2.18. The van der Waals surface area contributed by atoms with Gasteiger partial charge in [-0.3, -0.25) is 0 Å². The van der Waals surface area contributed by atoms with Crippen molar-refractivity contribution >= 4 is 0 Å². The molecule has 0 aromatic carbocycles. The van der Waals surface area contributed by atoms with Gasteiger partial charge in [-0.15, -0.1) is 0 Å². The van der Waals surface area contributed by atoms with Crippen LogP contribution >= 0.6 is 0 Å². The maximum atomic E-state index is 5.60. The van der Waals surface area contributed by atoms with E-state index >= 15 is 0 Å². The summed E-state index contributed by atoms with van der Waals surface area (Å²) in [5.41, 5.74) is 2.58. The van der Waals surface area contributed by atoms with E-state index in [9.17, 15) is 0 Å². The van der Waals surface area contributed by atoms with Crippen molar-refractivity contribution in [2.24, 2.45) is 0 Å². The standard InChI is InChI=1S/C17H30NO2/c1-4-5-6-7-9-19-11-12-20-10-8-18-14-16(2)13-17(3)15-18/h13-15H,4-12H2,1-3H3/q+1. The Bertz CT molecular complexity index is 346. The second kappa shape index (κ2) is 10.8. The van der Waals surface area contributed by atoms with Crippen LogP contribution in [0.4, 0.5) is 0 Å². The van der Waals surface area contributed by atoms with Crippen LogP contribution in [0.15, 0.2) is 18.5 Å². The topological polar surface area (TPSA) is 22.3 Å². The van der Waals surface area contributed by atoms with E-state index in [1.165, 1.54) is 36.8 Å². The van der Waals surface area contributed by atoms with Gasteiger partial charge in [0, 0.05) is 17.7 Å². The molecule has 0 aliphatic carbocycles. The second-order valence-corrected chi connectivity index (χ2v) is 5.41. The first-order valence-corrected chi connectivity index (χ1v) is 7.85. The Kier molecular flexibility index (Phi) is 9.25. The molecule has 0 amide bonds. The summed E-state index contributed by atoms with van der Waals surface area (Å²) >= 11 is 0. The van der Waals surface area contributed by atoms with Gasteiger partial charge in [0.1, 0.15) is 6.61 Å². The van der Waals surface area contributed by atoms with E-state index < -0.39 is 0 Å². The number of hydrogen-bond donors (Lipinski definition) is 0. The molecule has 3 heteroatoms. The van der Waals surface area contributed by atoms with Crippen molar-refractivity contribution < 1.29 is 14.0 Å². The highest BCUT2D eigenvalue weighted by Crippen LogP contribution is 1.99. The number of ether oxygens (including phenoxy) is 2. The lowest BCUT2D eigenvalue weighted by molar-refractivity contribution is -0.699. The van der Waals surface area contributed by atoms with Crippen molar-refractivity contribution in [3.05, 3.63) is 29.6 Å². The maximum Gasteiger partial charge on any atom is 0.171 e. The first kappa shape index (κ1) is 17.1. The third-order valence-corrected chi connectivity index (χ3v) is 3.20. The Labute approximate surface area is 123 Å². The Morgan fingerprint density at radius 1 is 0.850 bits per heavy atom. The van der Waals surface area contributed by atoms with Crippen LogP contribution in [-0.2, 0) is 16.0 Å². The van der Waals surface area contributed by atoms with Crippen molar-refractivity contribution in [1.82, 2.24) is 0 Å². The third kappa shape index (κ3) is 8.28. The second-order valence-electron chi connectivity index (χ2n) is 5.41. The van der Waals surface area contributed by atoms with Gasteiger partial charge in [0.05, 0.1) is 13.2 Å². The number of unbranched alkanes of at least 4 members (excludes halogenated alkanes) is 3. The fraction of sp³-hybridized carbons (Fsp3) is 0.706. The molecule has 20 heavy (non-hydrogen) atoms. The van der Waals surface area contributed by atoms with Crippen LogP contribution < -0.4 is 4.57 Å². The smallest absolute Gasteiger partial charge is 0.171 e. The number of rotatable bonds is 11. The highest BCUT2D eigenvalue weighted by molar-refractivity contribution is 5.11. The zero-order chi connectivity index (χ0) is 14.6. The molecule has 0 bridgehead atoms. The van der Waals surface area contributed by atoms with Crippen LogP contribution in [0.25, 0.3) is 0 Å². The monoisotopic (exact) mass is 280 g/mol. The molecule has 0 aliphatic heterocycles. The van der Waals surface area contributed by atoms with E-state index in [1.807, 2.05) is 0 Å². The molecule has 0 N–H and O–H groups in total. The fourth-order valence-corrected chi connectivity index (χ4v) is 2.25. The molecule has 1 heterocycles. The van der Waals surface area contributed by atoms with Crippen LogP contribution in [0.3, 0.4) is 0 Å². The Morgan fingerprint density at radius 2 is 1.50 bits per heavy atom. The summed E-state index contributed by atoms with van der Waals surface area (Å²) in [6.45, 7) is 10.4. The molecular weight excluding hydrogens is 250 g/mol. The van der Waals surface area contributed by atoms with Crippen LogP contribution in [0.2, 0.25) is 0 Å². The first-order valence-electron chi connectivity index (χ1n) is 7.85. The van der Waals surface area contributed by atoms with Gasteiger partial charge < -0.3 is 9.47 Å². The highest BCUT2D eigenvalue weighted by atomic mass is 16.5. The van der Waals surface area contributed by atoms with Gasteiger partial charge in [0.15, 0.2) is 18.9 Å². The van der Waals surface area contributed by atoms with E-state index in [0.29, 0.717) is 13.2 Å². The summed E-state index contributed by atoms with van der Waals surface area (Å²) < 4.78 is 13.3. The highest BCUT2D eigenvalue weighted by Gasteiger charge is 2.02. The van der Waals surface area contributed by atoms with Crippen LogP contribution in [0.1, 0.15) is 43.7 Å². The van der Waals surface area contributed by atoms with Gasteiger partial charge >= 0.3 is 0 Å². The number of aromatic nitrogens is 1. The molecule has 0 spiro atoms. The van der Waals surface area contributed by atoms with Gasteiger partial charge in [-0.1, -0.05) is 26.2 Å². The molecule has 0 radical (unpaired) electrons. The summed E-state index contributed by atoms with van der Waals surface area (Å²) in [5, 5.41) is 0. The molecule has 0 aliphatic rings. The molecule has 0 saturated carbocycles. The number of nitrogens with zero attached hydrogens (tertiary/aromatic N) is 1.